The number of methoxy groups -OCH3 is 1. The van der Waals surface area contributed by atoms with Crippen LogP contribution in [0.15, 0.2) is 42.7 Å². The molecule has 1 fully saturated rings. The zero-order valence-corrected chi connectivity index (χ0v) is 14.1. The molecule has 1 N–H and O–H groups in total. The number of halogens is 1. The highest BCUT2D eigenvalue weighted by Gasteiger charge is 2.40. The second-order valence-corrected chi connectivity index (χ2v) is 6.52. The standard InChI is InChI=1S/C19H23FN2O2/c1-19(23,15-5-7-17(24-2)8-6-15)18-4-3-9-22(18)13-14-10-16(20)12-21-11-14/h5-8,10-12,18,23H,3-4,9,13H2,1-2H3. The minimum Gasteiger partial charge on any atom is -0.497 e. The average molecular weight is 330 g/mol. The van der Waals surface area contributed by atoms with Crippen molar-refractivity contribution in [2.24, 2.45) is 0 Å². The van der Waals surface area contributed by atoms with Gasteiger partial charge in [-0.15, -0.1) is 0 Å². The molecular formula is C19H23FN2O2. The summed E-state index contributed by atoms with van der Waals surface area (Å²) in [6, 6.07) is 9.01. The quantitative estimate of drug-likeness (QED) is 0.915. The SMILES string of the molecule is COc1ccc(C(C)(O)C2CCCN2Cc2cncc(F)c2)cc1. The summed E-state index contributed by atoms with van der Waals surface area (Å²) in [4.78, 5) is 6.12. The first kappa shape index (κ1) is 16.9. The van der Waals surface area contributed by atoms with Gasteiger partial charge in [0.25, 0.3) is 0 Å². The second kappa shape index (κ2) is 6.87. The summed E-state index contributed by atoms with van der Waals surface area (Å²) >= 11 is 0. The molecule has 2 unspecified atom stereocenters. The lowest BCUT2D eigenvalue weighted by Gasteiger charge is -2.37. The van der Waals surface area contributed by atoms with Gasteiger partial charge in [0.2, 0.25) is 0 Å². The smallest absolute Gasteiger partial charge is 0.141 e. The molecule has 2 aromatic rings. The van der Waals surface area contributed by atoms with Crippen molar-refractivity contribution in [2.45, 2.75) is 38.0 Å². The fourth-order valence-electron chi connectivity index (χ4n) is 3.55. The van der Waals surface area contributed by atoms with Crippen LogP contribution in [0.1, 0.15) is 30.9 Å². The van der Waals surface area contributed by atoms with Gasteiger partial charge < -0.3 is 9.84 Å². The maximum absolute atomic E-state index is 13.4. The number of hydrogen-bond acceptors (Lipinski definition) is 4. The minimum absolute atomic E-state index is 0.0193. The molecule has 0 saturated carbocycles. The van der Waals surface area contributed by atoms with Gasteiger partial charge in [-0.25, -0.2) is 4.39 Å². The van der Waals surface area contributed by atoms with Crippen molar-refractivity contribution in [1.82, 2.24) is 9.88 Å². The number of aromatic nitrogens is 1. The van der Waals surface area contributed by atoms with Crippen molar-refractivity contribution in [2.75, 3.05) is 13.7 Å². The molecule has 3 rings (SSSR count). The number of hydrogen-bond donors (Lipinski definition) is 1. The predicted octanol–water partition coefficient (Wildman–Crippen LogP) is 3.10. The highest BCUT2D eigenvalue weighted by Crippen LogP contribution is 2.36. The monoisotopic (exact) mass is 330 g/mol. The molecule has 1 aromatic carbocycles. The molecule has 1 saturated heterocycles. The molecule has 1 aromatic heterocycles. The fourth-order valence-corrected chi connectivity index (χ4v) is 3.55. The number of nitrogens with zero attached hydrogens (tertiary/aromatic N) is 2. The van der Waals surface area contributed by atoms with E-state index < -0.39 is 5.60 Å². The number of rotatable bonds is 5. The second-order valence-electron chi connectivity index (χ2n) is 6.52. The van der Waals surface area contributed by atoms with E-state index in [1.807, 2.05) is 31.2 Å². The molecule has 0 amide bonds. The number of benzene rings is 1. The Balaban J connectivity index is 1.80. The van der Waals surface area contributed by atoms with Crippen molar-refractivity contribution < 1.29 is 14.2 Å². The molecule has 4 nitrogen and oxygen atoms in total. The van der Waals surface area contributed by atoms with Crippen LogP contribution in [0.4, 0.5) is 4.39 Å². The van der Waals surface area contributed by atoms with E-state index in [2.05, 4.69) is 9.88 Å². The van der Waals surface area contributed by atoms with E-state index in [1.165, 1.54) is 12.3 Å². The van der Waals surface area contributed by atoms with Crippen LogP contribution in [0.25, 0.3) is 0 Å². The lowest BCUT2D eigenvalue weighted by atomic mass is 9.86. The van der Waals surface area contributed by atoms with Crippen LogP contribution in [-0.4, -0.2) is 34.7 Å². The van der Waals surface area contributed by atoms with Gasteiger partial charge in [0.1, 0.15) is 17.2 Å². The first-order valence-corrected chi connectivity index (χ1v) is 8.21. The topological polar surface area (TPSA) is 45.6 Å². The lowest BCUT2D eigenvalue weighted by molar-refractivity contribution is -0.0255. The maximum Gasteiger partial charge on any atom is 0.141 e. The van der Waals surface area contributed by atoms with Crippen molar-refractivity contribution in [1.29, 1.82) is 0 Å². The normalized spacial score (nSPS) is 20.8. The molecule has 1 aliphatic rings. The molecular weight excluding hydrogens is 307 g/mol. The Kier molecular flexibility index (Phi) is 4.83. The summed E-state index contributed by atoms with van der Waals surface area (Å²) < 4.78 is 18.6. The number of likely N-dealkylation sites (tertiary alicyclic amines) is 1. The lowest BCUT2D eigenvalue weighted by Crippen LogP contribution is -2.45. The van der Waals surface area contributed by atoms with Gasteiger partial charge >= 0.3 is 0 Å². The largest absolute Gasteiger partial charge is 0.497 e. The molecule has 1 aliphatic heterocycles. The van der Waals surface area contributed by atoms with Crippen LogP contribution in [-0.2, 0) is 12.1 Å². The molecule has 0 radical (unpaired) electrons. The first-order chi connectivity index (χ1) is 11.5. The third-order valence-corrected chi connectivity index (χ3v) is 4.83. The van der Waals surface area contributed by atoms with E-state index >= 15 is 0 Å². The predicted molar refractivity (Wildman–Crippen MR) is 90.2 cm³/mol. The Labute approximate surface area is 141 Å². The van der Waals surface area contributed by atoms with Crippen molar-refractivity contribution in [3.05, 3.63) is 59.7 Å². The van der Waals surface area contributed by atoms with Gasteiger partial charge in [-0.3, -0.25) is 9.88 Å². The number of pyridine rings is 1. The molecule has 128 valence electrons. The van der Waals surface area contributed by atoms with E-state index in [0.717, 1.165) is 36.3 Å². The van der Waals surface area contributed by atoms with Crippen molar-refractivity contribution >= 4 is 0 Å². The summed E-state index contributed by atoms with van der Waals surface area (Å²) in [5.41, 5.74) is 0.703. The molecule has 0 spiro atoms. The van der Waals surface area contributed by atoms with E-state index in [1.54, 1.807) is 13.3 Å². The van der Waals surface area contributed by atoms with Crippen LogP contribution in [0, 0.1) is 5.82 Å². The van der Waals surface area contributed by atoms with Crippen molar-refractivity contribution in [3.63, 3.8) is 0 Å². The zero-order chi connectivity index (χ0) is 17.2. The highest BCUT2D eigenvalue weighted by molar-refractivity contribution is 5.32. The Morgan fingerprint density at radius 3 is 2.75 bits per heavy atom. The van der Waals surface area contributed by atoms with E-state index in [0.29, 0.717) is 6.54 Å². The zero-order valence-electron chi connectivity index (χ0n) is 14.1. The molecule has 0 bridgehead atoms. The Morgan fingerprint density at radius 1 is 1.33 bits per heavy atom. The fraction of sp³-hybridized carbons (Fsp3) is 0.421. The van der Waals surface area contributed by atoms with Crippen LogP contribution in [0.2, 0.25) is 0 Å². The van der Waals surface area contributed by atoms with Gasteiger partial charge in [-0.1, -0.05) is 12.1 Å². The summed E-state index contributed by atoms with van der Waals surface area (Å²) in [5.74, 6) is 0.439. The number of ether oxygens (including phenoxy) is 1. The highest BCUT2D eigenvalue weighted by atomic mass is 19.1. The van der Waals surface area contributed by atoms with E-state index in [9.17, 15) is 9.50 Å². The van der Waals surface area contributed by atoms with Crippen molar-refractivity contribution in [3.8, 4) is 5.75 Å². The Morgan fingerprint density at radius 2 is 2.08 bits per heavy atom. The van der Waals surface area contributed by atoms with Gasteiger partial charge in [0.05, 0.1) is 13.3 Å². The van der Waals surface area contributed by atoms with Gasteiger partial charge in [-0.2, -0.15) is 0 Å². The Hall–Kier alpha value is -1.98. The molecule has 2 heterocycles. The average Bonchev–Trinajstić information content (AvgIpc) is 3.04. The molecule has 0 aliphatic carbocycles. The van der Waals surface area contributed by atoms with Gasteiger partial charge in [0, 0.05) is 18.8 Å². The first-order valence-electron chi connectivity index (χ1n) is 8.21. The molecule has 24 heavy (non-hydrogen) atoms. The third-order valence-electron chi connectivity index (χ3n) is 4.83. The molecule has 2 atom stereocenters. The van der Waals surface area contributed by atoms with Crippen LogP contribution < -0.4 is 4.74 Å². The Bertz CT molecular complexity index is 688. The van der Waals surface area contributed by atoms with Crippen LogP contribution >= 0.6 is 0 Å². The number of aliphatic hydroxyl groups is 1. The van der Waals surface area contributed by atoms with E-state index in [-0.39, 0.29) is 11.9 Å². The summed E-state index contributed by atoms with van der Waals surface area (Å²) in [6.07, 6.45) is 4.81. The van der Waals surface area contributed by atoms with Gasteiger partial charge in [-0.05, 0) is 55.6 Å². The van der Waals surface area contributed by atoms with E-state index in [4.69, 9.17) is 4.74 Å². The maximum atomic E-state index is 13.4. The summed E-state index contributed by atoms with van der Waals surface area (Å²) in [5, 5.41) is 11.2. The summed E-state index contributed by atoms with van der Waals surface area (Å²) in [6.45, 7) is 3.32. The van der Waals surface area contributed by atoms with Crippen LogP contribution in [0.3, 0.4) is 0 Å². The molecule has 5 heteroatoms. The summed E-state index contributed by atoms with van der Waals surface area (Å²) in [7, 11) is 1.62. The van der Waals surface area contributed by atoms with Gasteiger partial charge in [0.15, 0.2) is 0 Å². The minimum atomic E-state index is -0.983. The van der Waals surface area contributed by atoms with Crippen LogP contribution in [0.5, 0.6) is 5.75 Å². The third kappa shape index (κ3) is 3.42.